The highest BCUT2D eigenvalue weighted by atomic mass is 35.5. The molecule has 0 fully saturated rings. The summed E-state index contributed by atoms with van der Waals surface area (Å²) in [5.41, 5.74) is 2.31. The van der Waals surface area contributed by atoms with Crippen molar-refractivity contribution in [3.63, 3.8) is 0 Å². The molecule has 0 atom stereocenters. The average molecular weight is 321 g/mol. The fraction of sp³-hybridized carbons (Fsp3) is 0.250. The third kappa shape index (κ3) is 4.19. The highest BCUT2D eigenvalue weighted by molar-refractivity contribution is 6.31. The number of hydrogen-bond donors (Lipinski definition) is 1. The summed E-state index contributed by atoms with van der Waals surface area (Å²) in [5, 5.41) is 9.37. The van der Waals surface area contributed by atoms with Gasteiger partial charge in [0.1, 0.15) is 5.02 Å². The molecule has 1 heterocycles. The summed E-state index contributed by atoms with van der Waals surface area (Å²) in [6.07, 6.45) is 1.73. The summed E-state index contributed by atoms with van der Waals surface area (Å²) in [7, 11) is 3.50. The Morgan fingerprint density at radius 2 is 1.91 bits per heavy atom. The van der Waals surface area contributed by atoms with Crippen LogP contribution in [0.1, 0.15) is 21.5 Å². The molecule has 0 bridgehead atoms. The van der Waals surface area contributed by atoms with E-state index in [1.165, 1.54) is 7.11 Å². The number of halogens is 1. The van der Waals surface area contributed by atoms with E-state index >= 15 is 0 Å². The number of carbonyl (C=O) groups is 1. The Labute approximate surface area is 134 Å². The van der Waals surface area contributed by atoms with Crippen molar-refractivity contribution in [3.05, 3.63) is 58.2 Å². The first-order valence-electron chi connectivity index (χ1n) is 6.69. The zero-order valence-corrected chi connectivity index (χ0v) is 13.2. The molecule has 2 aromatic rings. The highest BCUT2D eigenvalue weighted by Gasteiger charge is 2.07. The van der Waals surface area contributed by atoms with Crippen molar-refractivity contribution >= 4 is 17.6 Å². The Morgan fingerprint density at radius 3 is 2.45 bits per heavy atom. The Kier molecular flexibility index (Phi) is 5.35. The highest BCUT2D eigenvalue weighted by Crippen LogP contribution is 2.22. The van der Waals surface area contributed by atoms with E-state index in [-0.39, 0.29) is 5.56 Å². The summed E-state index contributed by atoms with van der Waals surface area (Å²) in [6.45, 7) is 1.38. The van der Waals surface area contributed by atoms with Crippen molar-refractivity contribution in [2.45, 2.75) is 13.1 Å². The summed E-state index contributed by atoms with van der Waals surface area (Å²) in [6, 6.07) is 8.68. The molecule has 0 aliphatic carbocycles. The molecule has 0 radical (unpaired) electrons. The Morgan fingerprint density at radius 1 is 1.27 bits per heavy atom. The molecule has 0 amide bonds. The van der Waals surface area contributed by atoms with Crippen LogP contribution in [0, 0.1) is 0 Å². The van der Waals surface area contributed by atoms with Gasteiger partial charge in [-0.3, -0.25) is 4.90 Å². The van der Waals surface area contributed by atoms with Gasteiger partial charge in [-0.05, 0) is 36.4 Å². The van der Waals surface area contributed by atoms with Crippen molar-refractivity contribution in [1.29, 1.82) is 0 Å². The van der Waals surface area contributed by atoms with Crippen LogP contribution < -0.4 is 4.74 Å². The fourth-order valence-corrected chi connectivity index (χ4v) is 2.40. The lowest BCUT2D eigenvalue weighted by Crippen LogP contribution is -2.17. The zero-order chi connectivity index (χ0) is 16.1. The van der Waals surface area contributed by atoms with Gasteiger partial charge in [0.05, 0.1) is 12.7 Å². The summed E-state index contributed by atoms with van der Waals surface area (Å²) < 4.78 is 5.03. The number of methoxy groups -OCH3 is 1. The van der Waals surface area contributed by atoms with Crippen LogP contribution in [0.3, 0.4) is 0 Å². The van der Waals surface area contributed by atoms with Gasteiger partial charge >= 0.3 is 5.97 Å². The number of benzene rings is 1. The number of aromatic carboxylic acids is 1. The van der Waals surface area contributed by atoms with Crippen LogP contribution in [0.2, 0.25) is 5.02 Å². The molecule has 116 valence electrons. The van der Waals surface area contributed by atoms with E-state index in [2.05, 4.69) is 9.88 Å². The lowest BCUT2D eigenvalue weighted by atomic mass is 10.1. The summed E-state index contributed by atoms with van der Waals surface area (Å²) >= 11 is 6.06. The topological polar surface area (TPSA) is 62.7 Å². The maximum absolute atomic E-state index is 10.8. The number of ether oxygens (including phenoxy) is 1. The normalized spacial score (nSPS) is 10.7. The molecule has 0 saturated carbocycles. The van der Waals surface area contributed by atoms with E-state index in [1.807, 2.05) is 25.2 Å². The molecular formula is C16H17ClN2O3. The van der Waals surface area contributed by atoms with E-state index in [9.17, 15) is 4.79 Å². The Hall–Kier alpha value is -2.11. The molecule has 5 nitrogen and oxygen atoms in total. The molecular weight excluding hydrogens is 304 g/mol. The van der Waals surface area contributed by atoms with Crippen LogP contribution in [0.4, 0.5) is 0 Å². The van der Waals surface area contributed by atoms with Crippen molar-refractivity contribution < 1.29 is 14.6 Å². The molecule has 0 aliphatic heterocycles. The largest absolute Gasteiger partial charge is 0.480 e. The first kappa shape index (κ1) is 16.3. The maximum Gasteiger partial charge on any atom is 0.335 e. The third-order valence-corrected chi connectivity index (χ3v) is 3.43. The number of aromatic nitrogens is 1. The molecule has 6 heteroatoms. The monoisotopic (exact) mass is 320 g/mol. The van der Waals surface area contributed by atoms with Crippen molar-refractivity contribution in [3.8, 4) is 5.88 Å². The van der Waals surface area contributed by atoms with Gasteiger partial charge in [0.15, 0.2) is 0 Å². The molecule has 0 saturated heterocycles. The SMILES string of the molecule is COc1ncc(CN(C)Cc2ccc(C(=O)O)cc2)cc1Cl. The zero-order valence-electron chi connectivity index (χ0n) is 12.4. The quantitative estimate of drug-likeness (QED) is 0.886. The van der Waals surface area contributed by atoms with Gasteiger partial charge in [-0.2, -0.15) is 0 Å². The van der Waals surface area contributed by atoms with Gasteiger partial charge in [-0.15, -0.1) is 0 Å². The fourth-order valence-electron chi connectivity index (χ4n) is 2.13. The van der Waals surface area contributed by atoms with Crippen molar-refractivity contribution in [2.24, 2.45) is 0 Å². The first-order valence-corrected chi connectivity index (χ1v) is 7.06. The Bertz CT molecular complexity index is 659. The van der Waals surface area contributed by atoms with Crippen LogP contribution in [-0.2, 0) is 13.1 Å². The molecule has 1 N–H and O–H groups in total. The minimum Gasteiger partial charge on any atom is -0.480 e. The lowest BCUT2D eigenvalue weighted by molar-refractivity contribution is 0.0697. The lowest BCUT2D eigenvalue weighted by Gasteiger charge is -2.17. The van der Waals surface area contributed by atoms with E-state index in [4.69, 9.17) is 21.4 Å². The second-order valence-corrected chi connectivity index (χ2v) is 5.42. The van der Waals surface area contributed by atoms with E-state index in [1.54, 1.807) is 18.3 Å². The number of hydrogen-bond acceptors (Lipinski definition) is 4. The smallest absolute Gasteiger partial charge is 0.335 e. The minimum absolute atomic E-state index is 0.289. The van der Waals surface area contributed by atoms with Crippen molar-refractivity contribution in [2.75, 3.05) is 14.2 Å². The molecule has 2 rings (SSSR count). The Balaban J connectivity index is 1.99. The maximum atomic E-state index is 10.8. The molecule has 0 unspecified atom stereocenters. The number of pyridine rings is 1. The predicted molar refractivity (Wildman–Crippen MR) is 84.4 cm³/mol. The third-order valence-electron chi connectivity index (χ3n) is 3.16. The van der Waals surface area contributed by atoms with Crippen LogP contribution in [0.15, 0.2) is 36.5 Å². The van der Waals surface area contributed by atoms with E-state index in [0.717, 1.165) is 11.1 Å². The molecule has 1 aromatic carbocycles. The average Bonchev–Trinajstić information content (AvgIpc) is 2.48. The molecule has 22 heavy (non-hydrogen) atoms. The minimum atomic E-state index is -0.918. The molecule has 1 aromatic heterocycles. The van der Waals surface area contributed by atoms with Crippen LogP contribution in [0.5, 0.6) is 5.88 Å². The van der Waals surface area contributed by atoms with E-state index < -0.39 is 5.97 Å². The van der Waals surface area contributed by atoms with Gasteiger partial charge in [0.2, 0.25) is 5.88 Å². The number of carboxylic acid groups (broad SMARTS) is 1. The number of nitrogens with zero attached hydrogens (tertiary/aromatic N) is 2. The number of rotatable bonds is 6. The second kappa shape index (κ2) is 7.24. The van der Waals surface area contributed by atoms with Gasteiger partial charge in [0, 0.05) is 19.3 Å². The summed E-state index contributed by atoms with van der Waals surface area (Å²) in [4.78, 5) is 17.1. The van der Waals surface area contributed by atoms with Gasteiger partial charge in [-0.25, -0.2) is 9.78 Å². The van der Waals surface area contributed by atoms with Crippen LogP contribution in [0.25, 0.3) is 0 Å². The predicted octanol–water partition coefficient (Wildman–Crippen LogP) is 3.07. The number of carboxylic acids is 1. The van der Waals surface area contributed by atoms with Gasteiger partial charge in [0.25, 0.3) is 0 Å². The molecule has 0 spiro atoms. The van der Waals surface area contributed by atoms with Gasteiger partial charge < -0.3 is 9.84 Å². The molecule has 0 aliphatic rings. The second-order valence-electron chi connectivity index (χ2n) is 5.01. The van der Waals surface area contributed by atoms with Crippen molar-refractivity contribution in [1.82, 2.24) is 9.88 Å². The summed E-state index contributed by atoms with van der Waals surface area (Å²) in [5.74, 6) is -0.504. The standard InChI is InChI=1S/C16H17ClN2O3/c1-19(9-11-3-5-13(6-4-11)16(20)21)10-12-7-14(17)15(22-2)18-8-12/h3-8H,9-10H2,1-2H3,(H,20,21). The van der Waals surface area contributed by atoms with E-state index in [0.29, 0.717) is 24.0 Å². The van der Waals surface area contributed by atoms with Crippen LogP contribution in [-0.4, -0.2) is 35.1 Å². The van der Waals surface area contributed by atoms with Gasteiger partial charge in [-0.1, -0.05) is 23.7 Å². The van der Waals surface area contributed by atoms with Crippen LogP contribution >= 0.6 is 11.6 Å². The first-order chi connectivity index (χ1) is 10.5.